The van der Waals surface area contributed by atoms with Crippen molar-refractivity contribution in [1.82, 2.24) is 10.3 Å². The van der Waals surface area contributed by atoms with Crippen molar-refractivity contribution < 1.29 is 23.5 Å². The van der Waals surface area contributed by atoms with Gasteiger partial charge in [0.1, 0.15) is 23.0 Å². The van der Waals surface area contributed by atoms with Gasteiger partial charge in [-0.25, -0.2) is 4.39 Å². The van der Waals surface area contributed by atoms with E-state index in [0.717, 1.165) is 10.8 Å². The number of nitrogens with one attached hydrogen (secondary N) is 2. The lowest BCUT2D eigenvalue weighted by Gasteiger charge is -2.29. The van der Waals surface area contributed by atoms with Gasteiger partial charge in [0.05, 0.1) is 18.9 Å². The highest BCUT2D eigenvalue weighted by molar-refractivity contribution is 6.13. The van der Waals surface area contributed by atoms with Crippen LogP contribution in [0.25, 0.3) is 10.8 Å². The van der Waals surface area contributed by atoms with E-state index in [1.165, 1.54) is 19.3 Å². The highest BCUT2D eigenvalue weighted by atomic mass is 19.1. The number of nitrogens with zero attached hydrogens (tertiary/aromatic N) is 2. The Morgan fingerprint density at radius 2 is 1.78 bits per heavy atom. The number of carbonyl (C=O) groups excluding carboxylic acids is 2. The van der Waals surface area contributed by atoms with E-state index in [2.05, 4.69) is 15.6 Å². The highest BCUT2D eigenvalue weighted by Gasteiger charge is 2.17. The van der Waals surface area contributed by atoms with Gasteiger partial charge in [0.2, 0.25) is 0 Å². The Morgan fingerprint density at radius 3 is 2.57 bits per heavy atom. The molecule has 0 bridgehead atoms. The number of fused-ring (bicyclic) bond motifs is 1. The van der Waals surface area contributed by atoms with Crippen LogP contribution in [0.2, 0.25) is 0 Å². The number of amides is 2. The third-order valence-corrected chi connectivity index (χ3v) is 6.08. The van der Waals surface area contributed by atoms with Gasteiger partial charge in [-0.1, -0.05) is 12.1 Å². The lowest BCUT2D eigenvalue weighted by atomic mass is 10.0. The lowest BCUT2D eigenvalue weighted by molar-refractivity contribution is 0.0957. The molecule has 37 heavy (non-hydrogen) atoms. The summed E-state index contributed by atoms with van der Waals surface area (Å²) in [6, 6.07) is 18.6. The van der Waals surface area contributed by atoms with Crippen molar-refractivity contribution in [3.63, 3.8) is 0 Å². The third kappa shape index (κ3) is 5.36. The van der Waals surface area contributed by atoms with Crippen molar-refractivity contribution in [1.29, 1.82) is 0 Å². The van der Waals surface area contributed by atoms with Gasteiger partial charge in [0.25, 0.3) is 11.8 Å². The number of pyridine rings is 1. The molecule has 4 aromatic rings. The summed E-state index contributed by atoms with van der Waals surface area (Å²) in [5, 5.41) is 6.84. The zero-order valence-corrected chi connectivity index (χ0v) is 20.2. The summed E-state index contributed by atoms with van der Waals surface area (Å²) >= 11 is 0. The smallest absolute Gasteiger partial charge is 0.269 e. The van der Waals surface area contributed by atoms with Crippen LogP contribution in [0.5, 0.6) is 11.5 Å². The fourth-order valence-corrected chi connectivity index (χ4v) is 4.23. The molecule has 0 unspecified atom stereocenters. The Hall–Kier alpha value is -4.50. The molecule has 9 heteroatoms. The first-order chi connectivity index (χ1) is 18.0. The number of carbonyl (C=O) groups is 2. The fourth-order valence-electron chi connectivity index (χ4n) is 4.23. The highest BCUT2D eigenvalue weighted by Crippen LogP contribution is 2.29. The van der Waals surface area contributed by atoms with Gasteiger partial charge >= 0.3 is 0 Å². The number of rotatable bonds is 6. The Kier molecular flexibility index (Phi) is 6.96. The second kappa shape index (κ2) is 10.6. The number of aromatic nitrogens is 1. The molecule has 188 valence electrons. The molecule has 0 spiro atoms. The van der Waals surface area contributed by atoms with E-state index < -0.39 is 5.82 Å². The van der Waals surface area contributed by atoms with Gasteiger partial charge in [-0.05, 0) is 59.3 Å². The maximum Gasteiger partial charge on any atom is 0.269 e. The average molecular weight is 501 g/mol. The first-order valence-corrected chi connectivity index (χ1v) is 11.8. The first-order valence-electron chi connectivity index (χ1n) is 11.8. The molecule has 0 radical (unpaired) electrons. The van der Waals surface area contributed by atoms with Crippen LogP contribution in [0.4, 0.5) is 15.8 Å². The number of morpholine rings is 1. The Bertz CT molecular complexity index is 1470. The molecule has 0 saturated carbocycles. The molecule has 2 N–H and O–H groups in total. The van der Waals surface area contributed by atoms with E-state index in [-0.39, 0.29) is 17.5 Å². The maximum atomic E-state index is 14.8. The largest absolute Gasteiger partial charge is 0.457 e. The Labute approximate surface area is 213 Å². The van der Waals surface area contributed by atoms with Crippen molar-refractivity contribution in [3.8, 4) is 11.5 Å². The molecule has 1 aromatic heterocycles. The second-order valence-electron chi connectivity index (χ2n) is 8.47. The van der Waals surface area contributed by atoms with Crippen molar-refractivity contribution in [2.75, 3.05) is 43.6 Å². The van der Waals surface area contributed by atoms with Gasteiger partial charge in [-0.2, -0.15) is 0 Å². The molecular formula is C28H25FN4O4. The van der Waals surface area contributed by atoms with Crippen molar-refractivity contribution in [2.24, 2.45) is 0 Å². The zero-order chi connectivity index (χ0) is 25.8. The predicted octanol–water partition coefficient (Wildman–Crippen LogP) is 4.61. The second-order valence-corrected chi connectivity index (χ2v) is 8.47. The van der Waals surface area contributed by atoms with Gasteiger partial charge in [-0.15, -0.1) is 0 Å². The summed E-state index contributed by atoms with van der Waals surface area (Å²) in [7, 11) is 1.53. The van der Waals surface area contributed by atoms with E-state index in [1.54, 1.807) is 48.5 Å². The molecule has 1 aliphatic rings. The molecule has 1 aliphatic heterocycles. The predicted molar refractivity (Wildman–Crippen MR) is 139 cm³/mol. The number of halogens is 1. The first kappa shape index (κ1) is 24.2. The summed E-state index contributed by atoms with van der Waals surface area (Å²) in [6.07, 6.45) is 1.50. The van der Waals surface area contributed by atoms with Crippen LogP contribution >= 0.6 is 0 Å². The number of anilines is 2. The molecular weight excluding hydrogens is 475 g/mol. The van der Waals surface area contributed by atoms with Gasteiger partial charge in [0.15, 0.2) is 0 Å². The quantitative estimate of drug-likeness (QED) is 0.402. The van der Waals surface area contributed by atoms with E-state index in [9.17, 15) is 14.0 Å². The standard InChI is InChI=1S/C28H25FN4O4/c1-30-28(35)25-17-21(9-10-31-25)37-20-6-7-22-18(15-20)3-2-4-23(22)27(34)32-19-5-8-26(24(29)16-19)33-11-13-36-14-12-33/h2-10,15-17H,11-14H2,1H3,(H,30,35)(H,32,34). The van der Waals surface area contributed by atoms with Crippen molar-refractivity contribution in [2.45, 2.75) is 0 Å². The van der Waals surface area contributed by atoms with Crippen LogP contribution < -0.4 is 20.3 Å². The number of benzene rings is 3. The van der Waals surface area contributed by atoms with Crippen LogP contribution in [0.3, 0.4) is 0 Å². The molecule has 1 saturated heterocycles. The molecule has 1 fully saturated rings. The van der Waals surface area contributed by atoms with Crippen LogP contribution in [0, 0.1) is 5.82 Å². The van der Waals surface area contributed by atoms with Crippen LogP contribution in [0.1, 0.15) is 20.8 Å². The molecule has 8 nitrogen and oxygen atoms in total. The molecule has 2 amide bonds. The summed E-state index contributed by atoms with van der Waals surface area (Å²) in [5.41, 5.74) is 1.57. The third-order valence-electron chi connectivity index (χ3n) is 6.08. The molecule has 0 aliphatic carbocycles. The Balaban J connectivity index is 1.34. The minimum atomic E-state index is -0.393. The number of hydrogen-bond acceptors (Lipinski definition) is 6. The fraction of sp³-hybridized carbons (Fsp3) is 0.179. The van der Waals surface area contributed by atoms with E-state index in [4.69, 9.17) is 9.47 Å². The van der Waals surface area contributed by atoms with E-state index >= 15 is 0 Å². The summed E-state index contributed by atoms with van der Waals surface area (Å²) in [6.45, 7) is 2.37. The average Bonchev–Trinajstić information content (AvgIpc) is 2.93. The van der Waals surface area contributed by atoms with E-state index in [1.807, 2.05) is 17.0 Å². The maximum absolute atomic E-state index is 14.8. The van der Waals surface area contributed by atoms with Gasteiger partial charge in [0, 0.05) is 43.7 Å². The van der Waals surface area contributed by atoms with Crippen molar-refractivity contribution >= 4 is 34.0 Å². The number of hydrogen-bond donors (Lipinski definition) is 2. The monoisotopic (exact) mass is 500 g/mol. The van der Waals surface area contributed by atoms with Crippen LogP contribution in [-0.2, 0) is 4.74 Å². The van der Waals surface area contributed by atoms with Crippen LogP contribution in [0.15, 0.2) is 72.9 Å². The number of ether oxygens (including phenoxy) is 2. The normalized spacial score (nSPS) is 13.3. The minimum Gasteiger partial charge on any atom is -0.457 e. The molecule has 2 heterocycles. The SMILES string of the molecule is CNC(=O)c1cc(Oc2ccc3c(C(=O)Nc4ccc(N5CCOCC5)c(F)c4)cccc3c2)ccn1. The summed E-state index contributed by atoms with van der Waals surface area (Å²) in [4.78, 5) is 30.9. The molecule has 5 rings (SSSR count). The van der Waals surface area contributed by atoms with Gasteiger partial charge in [-0.3, -0.25) is 14.6 Å². The van der Waals surface area contributed by atoms with Crippen molar-refractivity contribution in [3.05, 3.63) is 90.0 Å². The van der Waals surface area contributed by atoms with Gasteiger partial charge < -0.3 is 25.0 Å². The topological polar surface area (TPSA) is 92.8 Å². The van der Waals surface area contributed by atoms with Crippen LogP contribution in [-0.4, -0.2) is 50.1 Å². The molecule has 0 atom stereocenters. The minimum absolute atomic E-state index is 0.245. The van der Waals surface area contributed by atoms with E-state index in [0.29, 0.717) is 54.7 Å². The zero-order valence-electron chi connectivity index (χ0n) is 20.2. The Morgan fingerprint density at radius 1 is 0.973 bits per heavy atom. The lowest BCUT2D eigenvalue weighted by Crippen LogP contribution is -2.36. The summed E-state index contributed by atoms with van der Waals surface area (Å²) in [5.74, 6) is -0.0447. The molecule has 3 aromatic carbocycles. The summed E-state index contributed by atoms with van der Waals surface area (Å²) < 4.78 is 26.0.